The SMILES string of the molecule is Cc1ncc(CNc2c([N+](=O)[O-])ccc(F)c2F)s1. The normalized spacial score (nSPS) is 10.5. The van der Waals surface area contributed by atoms with Gasteiger partial charge in [0.05, 0.1) is 16.5 Å². The van der Waals surface area contributed by atoms with Gasteiger partial charge in [-0.3, -0.25) is 10.1 Å². The maximum atomic E-state index is 13.6. The van der Waals surface area contributed by atoms with Gasteiger partial charge in [-0.05, 0) is 13.0 Å². The molecule has 2 aromatic rings. The van der Waals surface area contributed by atoms with E-state index in [1.807, 2.05) is 0 Å². The number of rotatable bonds is 4. The lowest BCUT2D eigenvalue weighted by atomic mass is 10.2. The predicted molar refractivity (Wildman–Crippen MR) is 67.2 cm³/mol. The number of nitrogens with zero attached hydrogens (tertiary/aromatic N) is 2. The van der Waals surface area contributed by atoms with E-state index >= 15 is 0 Å². The number of aryl methyl sites for hydroxylation is 1. The van der Waals surface area contributed by atoms with E-state index in [-0.39, 0.29) is 6.54 Å². The Balaban J connectivity index is 2.28. The second-order valence-corrected chi connectivity index (χ2v) is 5.03. The predicted octanol–water partition coefficient (Wildman–Crippen LogP) is 3.25. The standard InChI is InChI=1S/C11H9F2N3O2S/c1-6-14-4-7(19-6)5-15-11-9(16(17)18)3-2-8(12)10(11)13/h2-4,15H,5H2,1H3. The number of halogens is 2. The third-order valence-electron chi connectivity index (χ3n) is 2.38. The van der Waals surface area contributed by atoms with E-state index in [0.29, 0.717) is 0 Å². The maximum absolute atomic E-state index is 13.6. The van der Waals surface area contributed by atoms with Crippen molar-refractivity contribution in [3.63, 3.8) is 0 Å². The summed E-state index contributed by atoms with van der Waals surface area (Å²) in [6.07, 6.45) is 1.58. The Morgan fingerprint density at radius 3 is 2.79 bits per heavy atom. The van der Waals surface area contributed by atoms with Crippen LogP contribution in [-0.4, -0.2) is 9.91 Å². The highest BCUT2D eigenvalue weighted by Crippen LogP contribution is 2.29. The molecule has 0 aliphatic heterocycles. The van der Waals surface area contributed by atoms with Gasteiger partial charge in [0.2, 0.25) is 0 Å². The molecule has 0 aliphatic rings. The van der Waals surface area contributed by atoms with Crippen LogP contribution in [0.4, 0.5) is 20.2 Å². The van der Waals surface area contributed by atoms with E-state index in [2.05, 4.69) is 10.3 Å². The molecule has 1 aromatic carbocycles. The van der Waals surface area contributed by atoms with E-state index in [1.54, 1.807) is 13.1 Å². The lowest BCUT2D eigenvalue weighted by Crippen LogP contribution is -2.05. The highest BCUT2D eigenvalue weighted by atomic mass is 32.1. The zero-order valence-electron chi connectivity index (χ0n) is 9.81. The molecule has 8 heteroatoms. The van der Waals surface area contributed by atoms with Gasteiger partial charge in [-0.15, -0.1) is 11.3 Å². The fourth-order valence-corrected chi connectivity index (χ4v) is 2.26. The summed E-state index contributed by atoms with van der Waals surface area (Å²) in [5.74, 6) is -2.39. The summed E-state index contributed by atoms with van der Waals surface area (Å²) in [7, 11) is 0. The van der Waals surface area contributed by atoms with Crippen LogP contribution in [0.3, 0.4) is 0 Å². The summed E-state index contributed by atoms with van der Waals surface area (Å²) in [5, 5.41) is 14.1. The van der Waals surface area contributed by atoms with Crippen molar-refractivity contribution in [3.8, 4) is 0 Å². The molecule has 0 aliphatic carbocycles. The molecule has 0 amide bonds. The molecule has 1 N–H and O–H groups in total. The van der Waals surface area contributed by atoms with E-state index in [0.717, 1.165) is 22.0 Å². The molecular formula is C11H9F2N3O2S. The first kappa shape index (κ1) is 13.3. The van der Waals surface area contributed by atoms with Crippen molar-refractivity contribution >= 4 is 22.7 Å². The molecule has 0 unspecified atom stereocenters. The fraction of sp³-hybridized carbons (Fsp3) is 0.182. The van der Waals surface area contributed by atoms with E-state index < -0.39 is 27.9 Å². The largest absolute Gasteiger partial charge is 0.372 e. The summed E-state index contributed by atoms with van der Waals surface area (Å²) in [6.45, 7) is 1.95. The first-order chi connectivity index (χ1) is 8.99. The number of aromatic nitrogens is 1. The summed E-state index contributed by atoms with van der Waals surface area (Å²) >= 11 is 1.37. The van der Waals surface area contributed by atoms with Crippen molar-refractivity contribution in [3.05, 3.63) is 50.0 Å². The van der Waals surface area contributed by atoms with E-state index in [9.17, 15) is 18.9 Å². The van der Waals surface area contributed by atoms with Gasteiger partial charge in [0.1, 0.15) is 0 Å². The quantitative estimate of drug-likeness (QED) is 0.691. The number of thiazole rings is 1. The molecular weight excluding hydrogens is 276 g/mol. The Hall–Kier alpha value is -2.09. The van der Waals surface area contributed by atoms with E-state index in [4.69, 9.17) is 0 Å². The number of nitrogens with one attached hydrogen (secondary N) is 1. The van der Waals surface area contributed by atoms with Gasteiger partial charge in [0.15, 0.2) is 17.3 Å². The molecule has 0 saturated heterocycles. The zero-order valence-corrected chi connectivity index (χ0v) is 10.6. The number of hydrogen-bond donors (Lipinski definition) is 1. The Labute approximate surface area is 111 Å². The van der Waals surface area contributed by atoms with Crippen LogP contribution in [0.15, 0.2) is 18.3 Å². The van der Waals surface area contributed by atoms with Crippen molar-refractivity contribution in [1.29, 1.82) is 0 Å². The van der Waals surface area contributed by atoms with Crippen LogP contribution >= 0.6 is 11.3 Å². The van der Waals surface area contributed by atoms with Crippen LogP contribution in [0.25, 0.3) is 0 Å². The summed E-state index contributed by atoms with van der Waals surface area (Å²) in [5.41, 5.74) is -0.948. The molecule has 19 heavy (non-hydrogen) atoms. The van der Waals surface area contributed by atoms with Gasteiger partial charge < -0.3 is 5.32 Å². The van der Waals surface area contributed by atoms with Gasteiger partial charge in [-0.2, -0.15) is 0 Å². The number of benzene rings is 1. The molecule has 0 bridgehead atoms. The molecule has 0 atom stereocenters. The zero-order chi connectivity index (χ0) is 14.0. The molecule has 0 fully saturated rings. The fourth-order valence-electron chi connectivity index (χ4n) is 1.52. The molecule has 0 spiro atoms. The highest BCUT2D eigenvalue weighted by molar-refractivity contribution is 7.11. The van der Waals surface area contributed by atoms with Gasteiger partial charge in [-0.25, -0.2) is 13.8 Å². The minimum Gasteiger partial charge on any atom is -0.372 e. The third-order valence-corrected chi connectivity index (χ3v) is 3.29. The first-order valence-electron chi connectivity index (χ1n) is 5.26. The molecule has 100 valence electrons. The molecule has 0 saturated carbocycles. The number of hydrogen-bond acceptors (Lipinski definition) is 5. The minimum absolute atomic E-state index is 0.146. The monoisotopic (exact) mass is 285 g/mol. The van der Waals surface area contributed by atoms with Gasteiger partial charge in [0.25, 0.3) is 5.69 Å². The van der Waals surface area contributed by atoms with Crippen LogP contribution in [0, 0.1) is 28.7 Å². The second-order valence-electron chi connectivity index (χ2n) is 3.71. The van der Waals surface area contributed by atoms with Crippen LogP contribution in [0.1, 0.15) is 9.88 Å². The lowest BCUT2D eigenvalue weighted by Gasteiger charge is -2.07. The number of anilines is 1. The van der Waals surface area contributed by atoms with Crippen LogP contribution in [-0.2, 0) is 6.54 Å². The van der Waals surface area contributed by atoms with Crippen molar-refractivity contribution in [2.75, 3.05) is 5.32 Å². The topological polar surface area (TPSA) is 68.1 Å². The van der Waals surface area contributed by atoms with Crippen molar-refractivity contribution < 1.29 is 13.7 Å². The van der Waals surface area contributed by atoms with Gasteiger partial charge >= 0.3 is 0 Å². The number of nitro groups is 1. The first-order valence-corrected chi connectivity index (χ1v) is 6.08. The maximum Gasteiger partial charge on any atom is 0.295 e. The minimum atomic E-state index is -1.25. The Morgan fingerprint density at radius 1 is 1.47 bits per heavy atom. The third kappa shape index (κ3) is 2.84. The van der Waals surface area contributed by atoms with Crippen LogP contribution < -0.4 is 5.32 Å². The average molecular weight is 285 g/mol. The second kappa shape index (κ2) is 5.27. The molecule has 1 heterocycles. The molecule has 5 nitrogen and oxygen atoms in total. The Kier molecular flexibility index (Phi) is 3.70. The summed E-state index contributed by atoms with van der Waals surface area (Å²) in [6, 6.07) is 1.66. The Morgan fingerprint density at radius 2 is 2.21 bits per heavy atom. The molecule has 1 aromatic heterocycles. The van der Waals surface area contributed by atoms with E-state index in [1.165, 1.54) is 11.3 Å². The van der Waals surface area contributed by atoms with Crippen molar-refractivity contribution in [1.82, 2.24) is 4.98 Å². The molecule has 0 radical (unpaired) electrons. The smallest absolute Gasteiger partial charge is 0.295 e. The van der Waals surface area contributed by atoms with Gasteiger partial charge in [-0.1, -0.05) is 0 Å². The average Bonchev–Trinajstić information content (AvgIpc) is 2.76. The van der Waals surface area contributed by atoms with Crippen LogP contribution in [0.5, 0.6) is 0 Å². The van der Waals surface area contributed by atoms with Crippen molar-refractivity contribution in [2.24, 2.45) is 0 Å². The summed E-state index contributed by atoms with van der Waals surface area (Å²) in [4.78, 5) is 14.8. The van der Waals surface area contributed by atoms with Gasteiger partial charge in [0, 0.05) is 17.1 Å². The Bertz CT molecular complexity index is 630. The van der Waals surface area contributed by atoms with Crippen LogP contribution in [0.2, 0.25) is 0 Å². The number of nitro benzene ring substituents is 1. The lowest BCUT2D eigenvalue weighted by molar-refractivity contribution is -0.384. The van der Waals surface area contributed by atoms with Crippen molar-refractivity contribution in [2.45, 2.75) is 13.5 Å². The molecule has 2 rings (SSSR count). The summed E-state index contributed by atoms with van der Waals surface area (Å²) < 4.78 is 26.7. The highest BCUT2D eigenvalue weighted by Gasteiger charge is 2.21.